The number of fused-ring (bicyclic) bond motifs is 1. The van der Waals surface area contributed by atoms with Crippen molar-refractivity contribution in [3.8, 4) is 0 Å². The van der Waals surface area contributed by atoms with Gasteiger partial charge in [0.05, 0.1) is 5.69 Å². The van der Waals surface area contributed by atoms with Crippen LogP contribution in [0.4, 0.5) is 14.5 Å². The maximum atomic E-state index is 13.4. The topological polar surface area (TPSA) is 58.9 Å². The number of nitrogen functional groups attached to an aromatic ring is 1. The highest BCUT2D eigenvalue weighted by Crippen LogP contribution is 2.28. The lowest BCUT2D eigenvalue weighted by Crippen LogP contribution is -2.04. The van der Waals surface area contributed by atoms with Crippen LogP contribution in [0.5, 0.6) is 0 Å². The zero-order valence-electron chi connectivity index (χ0n) is 10.6. The van der Waals surface area contributed by atoms with Gasteiger partial charge in [-0.25, -0.2) is 8.78 Å². The highest BCUT2D eigenvalue weighted by molar-refractivity contribution is 9.10. The summed E-state index contributed by atoms with van der Waals surface area (Å²) in [6, 6.07) is 6.53. The Hall–Kier alpha value is -2.21. The molecule has 3 N–H and O–H groups in total. The third-order valence-corrected chi connectivity index (χ3v) is 3.88. The normalized spacial score (nSPS) is 11.0. The zero-order valence-corrected chi connectivity index (χ0v) is 12.2. The Morgan fingerprint density at radius 1 is 1.14 bits per heavy atom. The van der Waals surface area contributed by atoms with Crippen molar-refractivity contribution in [1.29, 1.82) is 0 Å². The fourth-order valence-corrected chi connectivity index (χ4v) is 2.66. The monoisotopic (exact) mass is 350 g/mol. The van der Waals surface area contributed by atoms with Crippen LogP contribution in [0.2, 0.25) is 0 Å². The van der Waals surface area contributed by atoms with E-state index < -0.39 is 11.6 Å². The number of aromatic amines is 1. The minimum atomic E-state index is -0.608. The first-order valence-corrected chi connectivity index (χ1v) is 6.82. The maximum absolute atomic E-state index is 13.4. The second kappa shape index (κ2) is 4.96. The van der Waals surface area contributed by atoms with Gasteiger partial charge in [0.15, 0.2) is 5.78 Å². The molecule has 0 bridgehead atoms. The molecule has 106 valence electrons. The van der Waals surface area contributed by atoms with Crippen LogP contribution in [-0.4, -0.2) is 10.8 Å². The lowest BCUT2D eigenvalue weighted by Gasteiger charge is -2.05. The molecule has 0 aliphatic heterocycles. The molecular formula is C15H9BrF2N2O. The second-order valence-electron chi connectivity index (χ2n) is 4.57. The zero-order chi connectivity index (χ0) is 15.1. The fourth-order valence-electron chi connectivity index (χ4n) is 2.17. The average Bonchev–Trinajstić information content (AvgIpc) is 2.85. The summed E-state index contributed by atoms with van der Waals surface area (Å²) in [4.78, 5) is 15.5. The Labute approximate surface area is 126 Å². The van der Waals surface area contributed by atoms with Crippen LogP contribution >= 0.6 is 15.9 Å². The van der Waals surface area contributed by atoms with Crippen molar-refractivity contribution in [1.82, 2.24) is 4.98 Å². The molecule has 0 saturated heterocycles. The summed E-state index contributed by atoms with van der Waals surface area (Å²) in [5, 5.41) is 0.467. The predicted molar refractivity (Wildman–Crippen MR) is 80.2 cm³/mol. The van der Waals surface area contributed by atoms with Crippen LogP contribution < -0.4 is 5.73 Å². The quantitative estimate of drug-likeness (QED) is 0.541. The van der Waals surface area contributed by atoms with Gasteiger partial charge in [0, 0.05) is 32.7 Å². The summed E-state index contributed by atoms with van der Waals surface area (Å²) in [7, 11) is 0. The second-order valence-corrected chi connectivity index (χ2v) is 5.43. The minimum Gasteiger partial charge on any atom is -0.396 e. The lowest BCUT2D eigenvalue weighted by molar-refractivity contribution is 0.103. The average molecular weight is 351 g/mol. The van der Waals surface area contributed by atoms with E-state index in [2.05, 4.69) is 20.9 Å². The molecule has 2 aromatic carbocycles. The molecule has 0 aliphatic carbocycles. The van der Waals surface area contributed by atoms with E-state index in [9.17, 15) is 13.6 Å². The number of nitrogens with two attached hydrogens (primary N) is 1. The number of aromatic nitrogens is 1. The number of ketones is 1. The largest absolute Gasteiger partial charge is 0.396 e. The predicted octanol–water partition coefficient (Wildman–Crippen LogP) is 4.02. The highest BCUT2D eigenvalue weighted by atomic mass is 79.9. The van der Waals surface area contributed by atoms with Gasteiger partial charge in [0.2, 0.25) is 0 Å². The first kappa shape index (κ1) is 13.8. The van der Waals surface area contributed by atoms with E-state index in [0.29, 0.717) is 20.9 Å². The Morgan fingerprint density at radius 3 is 2.67 bits per heavy atom. The van der Waals surface area contributed by atoms with Crippen LogP contribution in [0.3, 0.4) is 0 Å². The lowest BCUT2D eigenvalue weighted by atomic mass is 10.0. The number of nitrogens with one attached hydrogen (secondary N) is 1. The van der Waals surface area contributed by atoms with Crippen LogP contribution in [-0.2, 0) is 0 Å². The molecule has 0 spiro atoms. The number of hydrogen-bond acceptors (Lipinski definition) is 2. The number of halogens is 3. The number of benzene rings is 2. The fraction of sp³-hybridized carbons (Fsp3) is 0. The van der Waals surface area contributed by atoms with Gasteiger partial charge in [-0.15, -0.1) is 0 Å². The summed E-state index contributed by atoms with van der Waals surface area (Å²) in [5.41, 5.74) is 6.55. The Balaban J connectivity index is 2.17. The van der Waals surface area contributed by atoms with Crippen molar-refractivity contribution in [2.24, 2.45) is 0 Å². The number of hydrogen-bond donors (Lipinski definition) is 2. The van der Waals surface area contributed by atoms with E-state index in [1.54, 1.807) is 6.07 Å². The Kier molecular flexibility index (Phi) is 3.25. The molecule has 1 aromatic heterocycles. The van der Waals surface area contributed by atoms with E-state index in [1.165, 1.54) is 24.4 Å². The van der Waals surface area contributed by atoms with Crippen molar-refractivity contribution in [3.05, 3.63) is 63.8 Å². The van der Waals surface area contributed by atoms with Crippen molar-refractivity contribution in [2.45, 2.75) is 0 Å². The molecule has 0 fully saturated rings. The van der Waals surface area contributed by atoms with Crippen LogP contribution in [0.25, 0.3) is 10.9 Å². The molecule has 0 radical (unpaired) electrons. The van der Waals surface area contributed by atoms with E-state index in [4.69, 9.17) is 5.73 Å². The minimum absolute atomic E-state index is 0.118. The smallest absolute Gasteiger partial charge is 0.196 e. The van der Waals surface area contributed by atoms with Crippen molar-refractivity contribution < 1.29 is 13.6 Å². The summed E-state index contributed by atoms with van der Waals surface area (Å²) >= 11 is 3.15. The van der Waals surface area contributed by atoms with E-state index in [-0.39, 0.29) is 17.0 Å². The first-order valence-electron chi connectivity index (χ1n) is 6.03. The first-order chi connectivity index (χ1) is 9.97. The van der Waals surface area contributed by atoms with Gasteiger partial charge in [-0.2, -0.15) is 0 Å². The van der Waals surface area contributed by atoms with Crippen LogP contribution in [0.1, 0.15) is 15.9 Å². The van der Waals surface area contributed by atoms with Gasteiger partial charge in [-0.3, -0.25) is 4.79 Å². The summed E-state index contributed by atoms with van der Waals surface area (Å²) < 4.78 is 27.0. The van der Waals surface area contributed by atoms with Gasteiger partial charge in [0.1, 0.15) is 11.6 Å². The van der Waals surface area contributed by atoms with Crippen molar-refractivity contribution in [3.63, 3.8) is 0 Å². The molecule has 21 heavy (non-hydrogen) atoms. The number of anilines is 1. The highest BCUT2D eigenvalue weighted by Gasteiger charge is 2.18. The summed E-state index contributed by atoms with van der Waals surface area (Å²) in [6.45, 7) is 0. The SMILES string of the molecule is Nc1cc(C(=O)c2c[nH]c3ccc(F)cc23)c(Br)cc1F. The molecule has 3 rings (SSSR count). The van der Waals surface area contributed by atoms with Crippen molar-refractivity contribution >= 4 is 38.3 Å². The Morgan fingerprint density at radius 2 is 1.90 bits per heavy atom. The molecule has 0 amide bonds. The molecule has 3 aromatic rings. The third-order valence-electron chi connectivity index (χ3n) is 3.22. The number of carbonyl (C=O) groups is 1. The summed E-state index contributed by atoms with van der Waals surface area (Å²) in [5.74, 6) is -1.41. The number of carbonyl (C=O) groups excluding carboxylic acids is 1. The standard InChI is InChI=1S/C15H9BrF2N2O/c16-11-5-12(18)13(19)4-9(11)15(21)10-6-20-14-2-1-7(17)3-8(10)14/h1-6,20H,19H2. The molecule has 0 saturated carbocycles. The summed E-state index contributed by atoms with van der Waals surface area (Å²) in [6.07, 6.45) is 1.50. The Bertz CT molecular complexity index is 873. The molecule has 6 heteroatoms. The van der Waals surface area contributed by atoms with E-state index in [0.717, 1.165) is 6.07 Å². The number of rotatable bonds is 2. The van der Waals surface area contributed by atoms with Gasteiger partial charge in [-0.05, 0) is 46.3 Å². The van der Waals surface area contributed by atoms with Gasteiger partial charge < -0.3 is 10.7 Å². The van der Waals surface area contributed by atoms with Crippen LogP contribution in [0, 0.1) is 11.6 Å². The van der Waals surface area contributed by atoms with E-state index in [1.807, 2.05) is 0 Å². The van der Waals surface area contributed by atoms with Crippen LogP contribution in [0.15, 0.2) is 41.0 Å². The maximum Gasteiger partial charge on any atom is 0.196 e. The molecule has 0 unspecified atom stereocenters. The molecule has 1 heterocycles. The molecule has 0 atom stereocenters. The molecular weight excluding hydrogens is 342 g/mol. The molecule has 0 aliphatic rings. The van der Waals surface area contributed by atoms with E-state index >= 15 is 0 Å². The van der Waals surface area contributed by atoms with Gasteiger partial charge in [-0.1, -0.05) is 0 Å². The van der Waals surface area contributed by atoms with Gasteiger partial charge in [0.25, 0.3) is 0 Å². The third kappa shape index (κ3) is 2.31. The molecule has 3 nitrogen and oxygen atoms in total. The van der Waals surface area contributed by atoms with Crippen molar-refractivity contribution in [2.75, 3.05) is 5.73 Å². The van der Waals surface area contributed by atoms with Gasteiger partial charge >= 0.3 is 0 Å². The number of H-pyrrole nitrogens is 1.